The molecule has 1 amide bonds. The lowest BCUT2D eigenvalue weighted by molar-refractivity contribution is -0.128. The van der Waals surface area contributed by atoms with Crippen LogP contribution in [-0.2, 0) is 9.59 Å². The van der Waals surface area contributed by atoms with Gasteiger partial charge in [0.25, 0.3) is 5.91 Å². The highest BCUT2D eigenvalue weighted by molar-refractivity contribution is 9.10. The van der Waals surface area contributed by atoms with Gasteiger partial charge in [0.1, 0.15) is 5.82 Å². The van der Waals surface area contributed by atoms with Crippen molar-refractivity contribution in [2.45, 2.75) is 51.4 Å². The van der Waals surface area contributed by atoms with Gasteiger partial charge in [-0.2, -0.15) is 0 Å². The SMILES string of the molecule is CC1=C(C(=O)N2CCCCC2)[C@@H](c2cc(Br)ccc2F)C2=C(CCCC2=O)N1. The number of halogens is 2. The maximum Gasteiger partial charge on any atom is 0.252 e. The van der Waals surface area contributed by atoms with Crippen LogP contribution in [0.3, 0.4) is 0 Å². The van der Waals surface area contributed by atoms with Crippen LogP contribution in [-0.4, -0.2) is 29.7 Å². The highest BCUT2D eigenvalue weighted by Gasteiger charge is 2.40. The van der Waals surface area contributed by atoms with E-state index in [-0.39, 0.29) is 11.7 Å². The number of piperidine rings is 1. The van der Waals surface area contributed by atoms with Crippen molar-refractivity contribution < 1.29 is 14.0 Å². The molecule has 1 N–H and O–H groups in total. The van der Waals surface area contributed by atoms with Gasteiger partial charge in [0.05, 0.1) is 0 Å². The van der Waals surface area contributed by atoms with Crippen LogP contribution < -0.4 is 5.32 Å². The van der Waals surface area contributed by atoms with Gasteiger partial charge in [-0.15, -0.1) is 0 Å². The number of allylic oxidation sites excluding steroid dienone is 3. The largest absolute Gasteiger partial charge is 0.362 e. The first-order chi connectivity index (χ1) is 13.5. The van der Waals surface area contributed by atoms with E-state index in [0.29, 0.717) is 36.2 Å². The Morgan fingerprint density at radius 3 is 2.68 bits per heavy atom. The van der Waals surface area contributed by atoms with Crippen LogP contribution in [0.1, 0.15) is 56.9 Å². The monoisotopic (exact) mass is 446 g/mol. The Labute approximate surface area is 173 Å². The minimum atomic E-state index is -0.657. The van der Waals surface area contributed by atoms with E-state index in [1.165, 1.54) is 6.07 Å². The lowest BCUT2D eigenvalue weighted by Gasteiger charge is -2.37. The summed E-state index contributed by atoms with van der Waals surface area (Å²) in [6.45, 7) is 3.29. The number of hydrogen-bond donors (Lipinski definition) is 1. The third-order valence-electron chi connectivity index (χ3n) is 5.92. The number of benzene rings is 1. The van der Waals surface area contributed by atoms with Crippen LogP contribution in [0.2, 0.25) is 0 Å². The van der Waals surface area contributed by atoms with Gasteiger partial charge in [0.15, 0.2) is 5.78 Å². The van der Waals surface area contributed by atoms with Crippen molar-refractivity contribution in [2.75, 3.05) is 13.1 Å². The summed E-state index contributed by atoms with van der Waals surface area (Å²) in [6.07, 6.45) is 5.05. The van der Waals surface area contributed by atoms with Crippen molar-refractivity contribution in [1.29, 1.82) is 0 Å². The second kappa shape index (κ2) is 7.82. The number of nitrogens with one attached hydrogen (secondary N) is 1. The molecular formula is C22H24BrFN2O2. The highest BCUT2D eigenvalue weighted by atomic mass is 79.9. The summed E-state index contributed by atoms with van der Waals surface area (Å²) < 4.78 is 15.7. The molecule has 2 aliphatic heterocycles. The Kier molecular flexibility index (Phi) is 5.41. The van der Waals surface area contributed by atoms with Gasteiger partial charge in [0, 0.05) is 58.0 Å². The number of carbonyl (C=O) groups excluding carboxylic acids is 2. The van der Waals surface area contributed by atoms with Gasteiger partial charge >= 0.3 is 0 Å². The summed E-state index contributed by atoms with van der Waals surface area (Å²) in [4.78, 5) is 28.2. The average molecular weight is 447 g/mol. The van der Waals surface area contributed by atoms with E-state index in [2.05, 4.69) is 21.2 Å². The molecule has 28 heavy (non-hydrogen) atoms. The molecule has 6 heteroatoms. The molecule has 1 saturated heterocycles. The fourth-order valence-electron chi connectivity index (χ4n) is 4.58. The van der Waals surface area contributed by atoms with Crippen molar-refractivity contribution in [3.8, 4) is 0 Å². The summed E-state index contributed by atoms with van der Waals surface area (Å²) in [6, 6.07) is 4.74. The summed E-state index contributed by atoms with van der Waals surface area (Å²) in [5, 5.41) is 3.31. The number of Topliss-reactive ketones (excluding diaryl/α,β-unsaturated/α-hetero) is 1. The van der Waals surface area contributed by atoms with Gasteiger partial charge in [0.2, 0.25) is 0 Å². The smallest absolute Gasteiger partial charge is 0.252 e. The molecule has 1 aromatic rings. The molecule has 0 spiro atoms. The molecule has 3 aliphatic rings. The van der Waals surface area contributed by atoms with Crippen LogP contribution in [0, 0.1) is 5.82 Å². The van der Waals surface area contributed by atoms with Crippen LogP contribution >= 0.6 is 15.9 Å². The number of hydrogen-bond acceptors (Lipinski definition) is 3. The molecule has 4 rings (SSSR count). The quantitative estimate of drug-likeness (QED) is 0.723. The van der Waals surface area contributed by atoms with Gasteiger partial charge in [-0.05, 0) is 57.2 Å². The maximum absolute atomic E-state index is 14.9. The lowest BCUT2D eigenvalue weighted by Crippen LogP contribution is -2.42. The van der Waals surface area contributed by atoms with Crippen molar-refractivity contribution in [3.63, 3.8) is 0 Å². The summed E-state index contributed by atoms with van der Waals surface area (Å²) in [5.74, 6) is -1.12. The zero-order chi connectivity index (χ0) is 19.8. The van der Waals surface area contributed by atoms with Gasteiger partial charge in [-0.1, -0.05) is 15.9 Å². The fourth-order valence-corrected chi connectivity index (χ4v) is 4.96. The summed E-state index contributed by atoms with van der Waals surface area (Å²) in [5.41, 5.74) is 3.03. The van der Waals surface area contributed by atoms with Crippen molar-refractivity contribution in [1.82, 2.24) is 10.2 Å². The summed E-state index contributed by atoms with van der Waals surface area (Å²) in [7, 11) is 0. The predicted molar refractivity (Wildman–Crippen MR) is 109 cm³/mol. The Bertz CT molecular complexity index is 900. The van der Waals surface area contributed by atoms with Crippen LogP contribution in [0.25, 0.3) is 0 Å². The topological polar surface area (TPSA) is 49.4 Å². The maximum atomic E-state index is 14.9. The molecule has 1 aromatic carbocycles. The van der Waals surface area contributed by atoms with Gasteiger partial charge in [-0.3, -0.25) is 9.59 Å². The van der Waals surface area contributed by atoms with E-state index in [4.69, 9.17) is 0 Å². The van der Waals surface area contributed by atoms with E-state index in [1.54, 1.807) is 12.1 Å². The van der Waals surface area contributed by atoms with Gasteiger partial charge in [-0.25, -0.2) is 4.39 Å². The molecule has 2 heterocycles. The minimum absolute atomic E-state index is 0.00886. The summed E-state index contributed by atoms with van der Waals surface area (Å²) >= 11 is 3.42. The highest BCUT2D eigenvalue weighted by Crippen LogP contribution is 2.44. The number of amides is 1. The van der Waals surface area contributed by atoms with Gasteiger partial charge < -0.3 is 10.2 Å². The molecule has 1 fully saturated rings. The second-order valence-corrected chi connectivity index (χ2v) is 8.70. The number of nitrogens with zero attached hydrogens (tertiary/aromatic N) is 1. The third kappa shape index (κ3) is 3.43. The first kappa shape index (κ1) is 19.4. The Balaban J connectivity index is 1.86. The standard InChI is InChI=1S/C22H24BrFN2O2/c1-13-19(22(28)26-10-3-2-4-11-26)20(15-12-14(23)8-9-16(15)24)21-17(25-13)6-5-7-18(21)27/h8-9,12,20,25H,2-7,10-11H2,1H3/t20-/m1/s1. The van der Waals surface area contributed by atoms with E-state index >= 15 is 0 Å². The second-order valence-electron chi connectivity index (χ2n) is 7.78. The molecule has 4 nitrogen and oxygen atoms in total. The zero-order valence-corrected chi connectivity index (χ0v) is 17.6. The molecule has 0 unspecified atom stereocenters. The van der Waals surface area contributed by atoms with E-state index in [9.17, 15) is 14.0 Å². The zero-order valence-electron chi connectivity index (χ0n) is 16.0. The van der Waals surface area contributed by atoms with Crippen LogP contribution in [0.5, 0.6) is 0 Å². The molecular weight excluding hydrogens is 423 g/mol. The minimum Gasteiger partial charge on any atom is -0.362 e. The lowest BCUT2D eigenvalue weighted by atomic mass is 9.74. The number of dihydropyridines is 1. The van der Waals surface area contributed by atoms with Crippen LogP contribution in [0.15, 0.2) is 45.2 Å². The molecule has 0 radical (unpaired) electrons. The Hall–Kier alpha value is -1.95. The Morgan fingerprint density at radius 2 is 1.93 bits per heavy atom. The van der Waals surface area contributed by atoms with Crippen LogP contribution in [0.4, 0.5) is 4.39 Å². The predicted octanol–water partition coefficient (Wildman–Crippen LogP) is 4.57. The normalized spacial score (nSPS) is 22.9. The molecule has 1 atom stereocenters. The number of likely N-dealkylation sites (tertiary alicyclic amines) is 1. The van der Waals surface area contributed by atoms with E-state index < -0.39 is 11.7 Å². The number of rotatable bonds is 2. The molecule has 0 aromatic heterocycles. The molecule has 1 aliphatic carbocycles. The van der Waals surface area contributed by atoms with Crippen molar-refractivity contribution in [3.05, 3.63) is 56.6 Å². The van der Waals surface area contributed by atoms with E-state index in [1.807, 2.05) is 11.8 Å². The van der Waals surface area contributed by atoms with Crippen molar-refractivity contribution in [2.24, 2.45) is 0 Å². The number of ketones is 1. The number of carbonyl (C=O) groups is 2. The molecule has 148 valence electrons. The molecule has 0 bridgehead atoms. The first-order valence-corrected chi connectivity index (χ1v) is 10.7. The third-order valence-corrected chi connectivity index (χ3v) is 6.41. The first-order valence-electron chi connectivity index (χ1n) is 9.95. The molecule has 0 saturated carbocycles. The van der Waals surface area contributed by atoms with Crippen molar-refractivity contribution >= 4 is 27.6 Å². The Morgan fingerprint density at radius 1 is 1.18 bits per heavy atom. The average Bonchev–Trinajstić information content (AvgIpc) is 2.69. The fraction of sp³-hybridized carbons (Fsp3) is 0.455. The van der Waals surface area contributed by atoms with E-state index in [0.717, 1.165) is 48.0 Å².